The van der Waals surface area contributed by atoms with Gasteiger partial charge < -0.3 is 19.5 Å². The zero-order valence-corrected chi connectivity index (χ0v) is 25.5. The number of carboxylic acid groups (broad SMARTS) is 1. The van der Waals surface area contributed by atoms with E-state index in [1.165, 1.54) is 17.0 Å². The molecule has 11 heteroatoms. The molecule has 0 radical (unpaired) electrons. The van der Waals surface area contributed by atoms with Crippen LogP contribution in [-0.4, -0.2) is 53.3 Å². The number of carbonyl (C=O) groups excluding carboxylic acids is 1. The van der Waals surface area contributed by atoms with Crippen LogP contribution >= 0.6 is 0 Å². The van der Waals surface area contributed by atoms with Gasteiger partial charge in [0.25, 0.3) is 0 Å². The van der Waals surface area contributed by atoms with Gasteiger partial charge in [-0.05, 0) is 91.1 Å². The van der Waals surface area contributed by atoms with Gasteiger partial charge in [0.1, 0.15) is 17.7 Å². The lowest BCUT2D eigenvalue weighted by molar-refractivity contribution is -0.137. The van der Waals surface area contributed by atoms with Crippen molar-refractivity contribution in [3.05, 3.63) is 101 Å². The highest BCUT2D eigenvalue weighted by Crippen LogP contribution is 2.41. The summed E-state index contributed by atoms with van der Waals surface area (Å²) >= 11 is 0. The number of amides is 1. The third kappa shape index (κ3) is 5.84. The van der Waals surface area contributed by atoms with Crippen LogP contribution in [0.5, 0.6) is 5.75 Å². The van der Waals surface area contributed by atoms with Crippen LogP contribution in [0.15, 0.2) is 72.8 Å². The van der Waals surface area contributed by atoms with Crippen molar-refractivity contribution in [3.63, 3.8) is 0 Å². The number of methoxy groups -OCH3 is 1. The molecule has 0 aliphatic carbocycles. The maximum Gasteiger partial charge on any atom is 0.416 e. The number of ether oxygens (including phenoxy) is 2. The lowest BCUT2D eigenvalue weighted by Gasteiger charge is -2.33. The number of nitrogens with zero attached hydrogens (tertiary/aromatic N) is 3. The number of aromatic nitrogens is 1. The Morgan fingerprint density at radius 1 is 1.02 bits per heavy atom. The monoisotopic (exact) mass is 631 g/mol. The zero-order valence-electron chi connectivity index (χ0n) is 25.5. The first-order valence-electron chi connectivity index (χ1n) is 14.9. The number of aromatic carboxylic acids is 1. The molecule has 2 saturated heterocycles. The average Bonchev–Trinajstić information content (AvgIpc) is 3.28. The van der Waals surface area contributed by atoms with Gasteiger partial charge in [0.2, 0.25) is 0 Å². The molecule has 3 aromatic carbocycles. The van der Waals surface area contributed by atoms with Gasteiger partial charge in [-0.2, -0.15) is 13.2 Å². The second-order valence-electron chi connectivity index (χ2n) is 11.6. The largest absolute Gasteiger partial charge is 0.496 e. The molecule has 3 heterocycles. The van der Waals surface area contributed by atoms with Gasteiger partial charge in [0, 0.05) is 24.2 Å². The number of carboxylic acids is 1. The summed E-state index contributed by atoms with van der Waals surface area (Å²) < 4.78 is 51.7. The molecule has 2 fully saturated rings. The summed E-state index contributed by atoms with van der Waals surface area (Å²) in [5.74, 6) is 0.324. The molecule has 46 heavy (non-hydrogen) atoms. The summed E-state index contributed by atoms with van der Waals surface area (Å²) in [6, 6.07) is 18.8. The summed E-state index contributed by atoms with van der Waals surface area (Å²) in [5, 5.41) is 9.42. The molecule has 8 nitrogen and oxygen atoms in total. The van der Waals surface area contributed by atoms with Gasteiger partial charge in [-0.15, -0.1) is 0 Å². The molecule has 2 aliphatic heterocycles. The highest BCUT2D eigenvalue weighted by atomic mass is 19.4. The van der Waals surface area contributed by atoms with Gasteiger partial charge in [-0.25, -0.2) is 14.6 Å². The Kier molecular flexibility index (Phi) is 8.10. The van der Waals surface area contributed by atoms with E-state index in [1.807, 2.05) is 37.3 Å². The number of cyclic esters (lactones) is 1. The van der Waals surface area contributed by atoms with Crippen LogP contribution in [0.25, 0.3) is 22.3 Å². The number of hydrogen-bond acceptors (Lipinski definition) is 6. The van der Waals surface area contributed by atoms with Gasteiger partial charge in [0.05, 0.1) is 36.5 Å². The van der Waals surface area contributed by atoms with Crippen LogP contribution in [0.2, 0.25) is 0 Å². The SMILES string of the molecule is COc1ccc(-c2ccc(C(=O)O)cc2C)cc1-c1ccc(N2CCC2)nc1CN1C(=O)OC(c2cccc(C(F)(F)F)c2)C1C. The maximum absolute atomic E-state index is 13.4. The standard InChI is InChI=1S/C35H32F3N3O5/c1-20-16-24(33(42)43)8-10-26(20)22-9-12-30(45-3)28(18-22)27-11-13-31(40-14-5-15-40)39-29(27)19-41-21(2)32(46-34(41)44)23-6-4-7-25(17-23)35(36,37)38/h4,6-13,16-18,21,32H,5,14-15,19H2,1-3H3,(H,42,43). The van der Waals surface area contributed by atoms with Crippen molar-refractivity contribution in [1.82, 2.24) is 9.88 Å². The molecule has 0 spiro atoms. The van der Waals surface area contributed by atoms with Crippen LogP contribution < -0.4 is 9.64 Å². The van der Waals surface area contributed by atoms with Gasteiger partial charge in [-0.3, -0.25) is 4.90 Å². The molecular weight excluding hydrogens is 599 g/mol. The number of benzene rings is 3. The molecule has 2 aliphatic rings. The molecule has 1 N–H and O–H groups in total. The minimum absolute atomic E-state index is 0.0478. The van der Waals surface area contributed by atoms with Crippen molar-refractivity contribution in [3.8, 4) is 28.0 Å². The van der Waals surface area contributed by atoms with E-state index in [1.54, 1.807) is 32.2 Å². The van der Waals surface area contributed by atoms with E-state index in [0.29, 0.717) is 22.6 Å². The smallest absolute Gasteiger partial charge is 0.416 e. The lowest BCUT2D eigenvalue weighted by atomic mass is 9.93. The second-order valence-corrected chi connectivity index (χ2v) is 11.6. The van der Waals surface area contributed by atoms with Crippen LogP contribution in [0.3, 0.4) is 0 Å². The Labute approximate surface area is 264 Å². The molecule has 2 unspecified atom stereocenters. The number of rotatable bonds is 8. The first-order valence-corrected chi connectivity index (χ1v) is 14.9. The van der Waals surface area contributed by atoms with Crippen molar-refractivity contribution in [2.75, 3.05) is 25.1 Å². The zero-order chi connectivity index (χ0) is 32.7. The molecular formula is C35H32F3N3O5. The summed E-state index contributed by atoms with van der Waals surface area (Å²) in [4.78, 5) is 33.3. The van der Waals surface area contributed by atoms with E-state index in [-0.39, 0.29) is 17.7 Å². The predicted octanol–water partition coefficient (Wildman–Crippen LogP) is 7.74. The van der Waals surface area contributed by atoms with Crippen LogP contribution in [-0.2, 0) is 17.5 Å². The van der Waals surface area contributed by atoms with Gasteiger partial charge >= 0.3 is 18.2 Å². The van der Waals surface area contributed by atoms with Gasteiger partial charge in [-0.1, -0.05) is 24.3 Å². The molecule has 0 saturated carbocycles. The van der Waals surface area contributed by atoms with E-state index in [2.05, 4.69) is 4.90 Å². The van der Waals surface area contributed by atoms with Crippen molar-refractivity contribution in [2.24, 2.45) is 0 Å². The number of halogens is 3. The van der Waals surface area contributed by atoms with Crippen molar-refractivity contribution in [2.45, 2.75) is 45.1 Å². The maximum atomic E-state index is 13.4. The quantitative estimate of drug-likeness (QED) is 0.213. The fourth-order valence-corrected chi connectivity index (χ4v) is 6.00. The summed E-state index contributed by atoms with van der Waals surface area (Å²) in [6.45, 7) is 5.36. The minimum atomic E-state index is -4.53. The van der Waals surface area contributed by atoms with Crippen molar-refractivity contribution >= 4 is 17.9 Å². The van der Waals surface area contributed by atoms with Gasteiger partial charge in [0.15, 0.2) is 0 Å². The third-order valence-corrected chi connectivity index (χ3v) is 8.67. The fraction of sp³-hybridized carbons (Fsp3) is 0.286. The summed E-state index contributed by atoms with van der Waals surface area (Å²) in [5.41, 5.74) is 4.13. The molecule has 1 aromatic heterocycles. The average molecular weight is 632 g/mol. The predicted molar refractivity (Wildman–Crippen MR) is 166 cm³/mol. The van der Waals surface area contributed by atoms with Crippen LogP contribution in [0, 0.1) is 6.92 Å². The Hall–Kier alpha value is -5.06. The topological polar surface area (TPSA) is 92.2 Å². The number of hydrogen-bond donors (Lipinski definition) is 1. The first-order chi connectivity index (χ1) is 21.9. The first kappa shape index (κ1) is 30.9. The molecule has 6 rings (SSSR count). The highest BCUT2D eigenvalue weighted by molar-refractivity contribution is 5.89. The van der Waals surface area contributed by atoms with Crippen molar-refractivity contribution in [1.29, 1.82) is 0 Å². The van der Waals surface area contributed by atoms with E-state index >= 15 is 0 Å². The fourth-order valence-electron chi connectivity index (χ4n) is 6.00. The van der Waals surface area contributed by atoms with E-state index in [4.69, 9.17) is 14.5 Å². The van der Waals surface area contributed by atoms with Crippen molar-refractivity contribution < 1.29 is 37.3 Å². The normalized spacial score (nSPS) is 17.9. The second kappa shape index (κ2) is 12.0. The Bertz CT molecular complexity index is 1820. The summed E-state index contributed by atoms with van der Waals surface area (Å²) in [7, 11) is 1.56. The molecule has 238 valence electrons. The number of alkyl halides is 3. The third-order valence-electron chi connectivity index (χ3n) is 8.67. The number of pyridine rings is 1. The van der Waals surface area contributed by atoms with E-state index in [9.17, 15) is 27.9 Å². The molecule has 1 amide bonds. The van der Waals surface area contributed by atoms with E-state index < -0.39 is 35.9 Å². The number of aryl methyl sites for hydroxylation is 1. The lowest BCUT2D eigenvalue weighted by Crippen LogP contribution is -2.38. The van der Waals surface area contributed by atoms with Crippen LogP contribution in [0.4, 0.5) is 23.8 Å². The molecule has 2 atom stereocenters. The molecule has 0 bridgehead atoms. The Morgan fingerprint density at radius 3 is 2.43 bits per heavy atom. The van der Waals surface area contributed by atoms with Crippen LogP contribution in [0.1, 0.15) is 52.2 Å². The summed E-state index contributed by atoms with van der Waals surface area (Å²) in [6.07, 6.45) is -5.02. The Balaban J connectivity index is 1.39. The minimum Gasteiger partial charge on any atom is -0.496 e. The molecule has 4 aromatic rings. The number of carbonyl (C=O) groups is 2. The number of anilines is 1. The highest BCUT2D eigenvalue weighted by Gasteiger charge is 2.41. The Morgan fingerprint density at radius 2 is 1.78 bits per heavy atom. The van der Waals surface area contributed by atoms with E-state index in [0.717, 1.165) is 54.2 Å².